The molecular formula is C10H20N4. The summed E-state index contributed by atoms with van der Waals surface area (Å²) in [5, 5.41) is 4.44. The van der Waals surface area contributed by atoms with Crippen LogP contribution in [0.4, 0.5) is 0 Å². The predicted molar refractivity (Wildman–Crippen MR) is 57.1 cm³/mol. The van der Waals surface area contributed by atoms with Crippen molar-refractivity contribution < 1.29 is 0 Å². The lowest BCUT2D eigenvalue weighted by Crippen LogP contribution is -2.07. The summed E-state index contributed by atoms with van der Waals surface area (Å²) in [5.41, 5.74) is 5.45. The third-order valence-corrected chi connectivity index (χ3v) is 2.25. The van der Waals surface area contributed by atoms with Crippen LogP contribution in [0, 0.1) is 0 Å². The Hall–Kier alpha value is -0.900. The number of aromatic nitrogens is 3. The molecule has 1 heterocycles. The molecular weight excluding hydrogens is 176 g/mol. The van der Waals surface area contributed by atoms with E-state index in [9.17, 15) is 0 Å². The maximum atomic E-state index is 5.45. The molecule has 0 atom stereocenters. The van der Waals surface area contributed by atoms with Gasteiger partial charge in [-0.05, 0) is 19.4 Å². The minimum atomic E-state index is 0.761. The van der Waals surface area contributed by atoms with Gasteiger partial charge in [-0.3, -0.25) is 0 Å². The van der Waals surface area contributed by atoms with Crippen LogP contribution in [0.2, 0.25) is 0 Å². The van der Waals surface area contributed by atoms with Crippen LogP contribution in [0.1, 0.15) is 38.3 Å². The third-order valence-electron chi connectivity index (χ3n) is 2.25. The highest BCUT2D eigenvalue weighted by molar-refractivity contribution is 4.92. The Balaban J connectivity index is 2.59. The average Bonchev–Trinajstić information content (AvgIpc) is 2.61. The van der Waals surface area contributed by atoms with Gasteiger partial charge in [0.15, 0.2) is 5.82 Å². The van der Waals surface area contributed by atoms with Gasteiger partial charge < -0.3 is 5.73 Å². The molecule has 0 fully saturated rings. The second kappa shape index (κ2) is 5.75. The van der Waals surface area contributed by atoms with Crippen molar-refractivity contribution in [3.05, 3.63) is 11.6 Å². The Kier molecular flexibility index (Phi) is 4.59. The van der Waals surface area contributed by atoms with Crippen molar-refractivity contribution >= 4 is 0 Å². The van der Waals surface area contributed by atoms with Crippen molar-refractivity contribution in [1.82, 2.24) is 14.8 Å². The summed E-state index contributed by atoms with van der Waals surface area (Å²) in [6.45, 7) is 5.91. The molecule has 0 unspecified atom stereocenters. The molecule has 0 radical (unpaired) electrons. The van der Waals surface area contributed by atoms with Crippen LogP contribution in [0.25, 0.3) is 0 Å². The Morgan fingerprint density at radius 3 is 2.57 bits per heavy atom. The molecule has 0 bridgehead atoms. The van der Waals surface area contributed by atoms with E-state index in [1.165, 1.54) is 0 Å². The van der Waals surface area contributed by atoms with E-state index in [0.29, 0.717) is 0 Å². The normalized spacial score (nSPS) is 10.8. The van der Waals surface area contributed by atoms with Gasteiger partial charge in [-0.2, -0.15) is 5.10 Å². The molecule has 80 valence electrons. The van der Waals surface area contributed by atoms with E-state index in [1.54, 1.807) is 0 Å². The Morgan fingerprint density at radius 1 is 1.21 bits per heavy atom. The van der Waals surface area contributed by atoms with Gasteiger partial charge >= 0.3 is 0 Å². The van der Waals surface area contributed by atoms with Crippen LogP contribution in [-0.4, -0.2) is 21.3 Å². The molecule has 0 saturated carbocycles. The molecule has 4 heteroatoms. The molecule has 0 amide bonds. The molecule has 14 heavy (non-hydrogen) atoms. The van der Waals surface area contributed by atoms with Gasteiger partial charge in [-0.15, -0.1) is 0 Å². The second-order valence-corrected chi connectivity index (χ2v) is 3.37. The van der Waals surface area contributed by atoms with E-state index in [4.69, 9.17) is 5.73 Å². The molecule has 1 aromatic heterocycles. The number of aryl methyl sites for hydroxylation is 3. The van der Waals surface area contributed by atoms with E-state index in [2.05, 4.69) is 23.9 Å². The number of nitrogens with two attached hydrogens (primary N) is 1. The summed E-state index contributed by atoms with van der Waals surface area (Å²) in [4.78, 5) is 4.45. The third kappa shape index (κ3) is 2.80. The van der Waals surface area contributed by atoms with E-state index in [1.807, 2.05) is 4.68 Å². The largest absolute Gasteiger partial charge is 0.330 e. The predicted octanol–water partition coefficient (Wildman–Crippen LogP) is 1.14. The first-order valence-corrected chi connectivity index (χ1v) is 5.44. The maximum absolute atomic E-state index is 5.45. The summed E-state index contributed by atoms with van der Waals surface area (Å²) in [6.07, 6.45) is 4.02. The maximum Gasteiger partial charge on any atom is 0.150 e. The highest BCUT2D eigenvalue weighted by atomic mass is 15.3. The molecule has 1 rings (SSSR count). The summed E-state index contributed by atoms with van der Waals surface area (Å²) in [5.74, 6) is 2.05. The highest BCUT2D eigenvalue weighted by Crippen LogP contribution is 2.02. The quantitative estimate of drug-likeness (QED) is 0.694. The van der Waals surface area contributed by atoms with Gasteiger partial charge in [-0.25, -0.2) is 9.67 Å². The fraction of sp³-hybridized carbons (Fsp3) is 0.800. The van der Waals surface area contributed by atoms with E-state index in [-0.39, 0.29) is 0 Å². The van der Waals surface area contributed by atoms with Crippen molar-refractivity contribution in [2.75, 3.05) is 6.54 Å². The topological polar surface area (TPSA) is 56.7 Å². The zero-order valence-corrected chi connectivity index (χ0v) is 9.16. The summed E-state index contributed by atoms with van der Waals surface area (Å²) >= 11 is 0. The van der Waals surface area contributed by atoms with Crippen molar-refractivity contribution in [1.29, 1.82) is 0 Å². The second-order valence-electron chi connectivity index (χ2n) is 3.37. The van der Waals surface area contributed by atoms with E-state index >= 15 is 0 Å². The first kappa shape index (κ1) is 11.2. The van der Waals surface area contributed by atoms with Gasteiger partial charge in [-0.1, -0.05) is 13.8 Å². The van der Waals surface area contributed by atoms with Gasteiger partial charge in [0.05, 0.1) is 0 Å². The molecule has 0 aliphatic rings. The lowest BCUT2D eigenvalue weighted by molar-refractivity contribution is 0.536. The number of hydrogen-bond acceptors (Lipinski definition) is 3. The van der Waals surface area contributed by atoms with Crippen molar-refractivity contribution in [2.45, 2.75) is 46.1 Å². The zero-order valence-electron chi connectivity index (χ0n) is 9.16. The van der Waals surface area contributed by atoms with E-state index < -0.39 is 0 Å². The van der Waals surface area contributed by atoms with E-state index in [0.717, 1.165) is 50.4 Å². The summed E-state index contributed by atoms with van der Waals surface area (Å²) < 4.78 is 2.02. The van der Waals surface area contributed by atoms with Crippen molar-refractivity contribution in [3.63, 3.8) is 0 Å². The molecule has 2 N–H and O–H groups in total. The SMILES string of the molecule is CCc1nc(CC)n(CCCCN)n1. The van der Waals surface area contributed by atoms with Crippen LogP contribution in [0.3, 0.4) is 0 Å². The molecule has 1 aromatic rings. The molecule has 4 nitrogen and oxygen atoms in total. The van der Waals surface area contributed by atoms with Gasteiger partial charge in [0.2, 0.25) is 0 Å². The number of unbranched alkanes of at least 4 members (excludes halogenated alkanes) is 1. The van der Waals surface area contributed by atoms with Crippen LogP contribution in [0.5, 0.6) is 0 Å². The standard InChI is InChI=1S/C10H20N4/c1-3-9-12-10(4-2)14(13-9)8-6-5-7-11/h3-8,11H2,1-2H3. The van der Waals surface area contributed by atoms with Crippen molar-refractivity contribution in [2.24, 2.45) is 5.73 Å². The molecule has 0 spiro atoms. The number of rotatable bonds is 6. The number of hydrogen-bond donors (Lipinski definition) is 1. The van der Waals surface area contributed by atoms with Crippen molar-refractivity contribution in [3.8, 4) is 0 Å². The lowest BCUT2D eigenvalue weighted by Gasteiger charge is -2.02. The first-order chi connectivity index (χ1) is 6.81. The smallest absolute Gasteiger partial charge is 0.150 e. The molecule has 0 aliphatic heterocycles. The monoisotopic (exact) mass is 196 g/mol. The Bertz CT molecular complexity index is 267. The van der Waals surface area contributed by atoms with Crippen LogP contribution < -0.4 is 5.73 Å². The fourth-order valence-electron chi connectivity index (χ4n) is 1.42. The fourth-order valence-corrected chi connectivity index (χ4v) is 1.42. The minimum Gasteiger partial charge on any atom is -0.330 e. The Labute approximate surface area is 85.5 Å². The molecule has 0 aliphatic carbocycles. The molecule has 0 saturated heterocycles. The summed E-state index contributed by atoms with van der Waals surface area (Å²) in [7, 11) is 0. The number of nitrogens with zero attached hydrogens (tertiary/aromatic N) is 3. The van der Waals surface area contributed by atoms with Crippen LogP contribution >= 0.6 is 0 Å². The summed E-state index contributed by atoms with van der Waals surface area (Å²) in [6, 6.07) is 0. The average molecular weight is 196 g/mol. The molecule has 0 aromatic carbocycles. The van der Waals surface area contributed by atoms with Crippen LogP contribution in [-0.2, 0) is 19.4 Å². The Morgan fingerprint density at radius 2 is 2.00 bits per heavy atom. The lowest BCUT2D eigenvalue weighted by atomic mass is 10.3. The minimum absolute atomic E-state index is 0.761. The van der Waals surface area contributed by atoms with Gasteiger partial charge in [0.25, 0.3) is 0 Å². The highest BCUT2D eigenvalue weighted by Gasteiger charge is 2.05. The van der Waals surface area contributed by atoms with Gasteiger partial charge in [0.1, 0.15) is 5.82 Å². The first-order valence-electron chi connectivity index (χ1n) is 5.44. The van der Waals surface area contributed by atoms with Gasteiger partial charge in [0, 0.05) is 19.4 Å². The van der Waals surface area contributed by atoms with Crippen LogP contribution in [0.15, 0.2) is 0 Å². The zero-order chi connectivity index (χ0) is 10.4.